The van der Waals surface area contributed by atoms with Crippen molar-refractivity contribution in [2.75, 3.05) is 7.05 Å². The first kappa shape index (κ1) is 16.0. The van der Waals surface area contributed by atoms with Crippen molar-refractivity contribution in [2.45, 2.75) is 38.9 Å². The Morgan fingerprint density at radius 1 is 1.26 bits per heavy atom. The van der Waals surface area contributed by atoms with Crippen LogP contribution in [0.25, 0.3) is 0 Å². The summed E-state index contributed by atoms with van der Waals surface area (Å²) in [5, 5.41) is 3.01. The topological polar surface area (TPSA) is 12.0 Å². The van der Waals surface area contributed by atoms with E-state index in [2.05, 4.69) is 5.32 Å². The molecule has 0 spiro atoms. The summed E-state index contributed by atoms with van der Waals surface area (Å²) in [6.45, 7) is 4.00. The standard InChI is InChI=1S/C14H19F4N/c1-4-5-9(2)13(19-3)10-6-7-12(15)11(8-10)14(16,17)18/h6-9,13,19H,4-5H2,1-3H3. The second-order valence-electron chi connectivity index (χ2n) is 4.77. The molecule has 0 aromatic heterocycles. The van der Waals surface area contributed by atoms with Gasteiger partial charge in [-0.05, 0) is 37.1 Å². The van der Waals surface area contributed by atoms with Gasteiger partial charge in [-0.3, -0.25) is 0 Å². The Kier molecular flexibility index (Phi) is 5.35. The van der Waals surface area contributed by atoms with Crippen LogP contribution in [0.1, 0.15) is 43.9 Å². The third-order valence-electron chi connectivity index (χ3n) is 3.28. The van der Waals surface area contributed by atoms with E-state index in [4.69, 9.17) is 0 Å². The van der Waals surface area contributed by atoms with E-state index in [0.29, 0.717) is 5.56 Å². The monoisotopic (exact) mass is 277 g/mol. The van der Waals surface area contributed by atoms with Gasteiger partial charge in [0.2, 0.25) is 0 Å². The highest BCUT2D eigenvalue weighted by Crippen LogP contribution is 2.34. The van der Waals surface area contributed by atoms with Crippen molar-refractivity contribution >= 4 is 0 Å². The average molecular weight is 277 g/mol. The minimum atomic E-state index is -4.66. The lowest BCUT2D eigenvalue weighted by atomic mass is 9.90. The molecule has 0 aliphatic rings. The first-order valence-corrected chi connectivity index (χ1v) is 6.35. The van der Waals surface area contributed by atoms with Gasteiger partial charge < -0.3 is 5.32 Å². The fourth-order valence-corrected chi connectivity index (χ4v) is 2.36. The molecule has 1 aromatic carbocycles. The van der Waals surface area contributed by atoms with Crippen LogP contribution in [0.2, 0.25) is 0 Å². The number of rotatable bonds is 5. The van der Waals surface area contributed by atoms with Gasteiger partial charge in [-0.1, -0.05) is 26.3 Å². The predicted octanol–water partition coefficient (Wildman–Crippen LogP) is 4.54. The molecule has 0 amide bonds. The van der Waals surface area contributed by atoms with Gasteiger partial charge in [-0.15, -0.1) is 0 Å². The summed E-state index contributed by atoms with van der Waals surface area (Å²) in [6, 6.07) is 3.00. The van der Waals surface area contributed by atoms with Crippen LogP contribution in [0.4, 0.5) is 17.6 Å². The van der Waals surface area contributed by atoms with Crippen molar-refractivity contribution in [3.05, 3.63) is 35.1 Å². The largest absolute Gasteiger partial charge is 0.419 e. The first-order chi connectivity index (χ1) is 8.81. The summed E-state index contributed by atoms with van der Waals surface area (Å²) < 4.78 is 51.3. The van der Waals surface area contributed by atoms with E-state index in [-0.39, 0.29) is 12.0 Å². The SMILES string of the molecule is CCCC(C)C(NC)c1ccc(F)c(C(F)(F)F)c1. The number of hydrogen-bond donors (Lipinski definition) is 1. The Balaban J connectivity index is 3.12. The summed E-state index contributed by atoms with van der Waals surface area (Å²) in [4.78, 5) is 0. The van der Waals surface area contributed by atoms with E-state index in [1.165, 1.54) is 6.07 Å². The molecule has 1 rings (SSSR count). The predicted molar refractivity (Wildman–Crippen MR) is 67.3 cm³/mol. The lowest BCUT2D eigenvalue weighted by Crippen LogP contribution is -2.24. The Labute approximate surface area is 111 Å². The van der Waals surface area contributed by atoms with Gasteiger partial charge in [0.25, 0.3) is 0 Å². The molecule has 108 valence electrons. The Bertz CT molecular complexity index is 414. The van der Waals surface area contributed by atoms with Crippen LogP contribution in [0, 0.1) is 11.7 Å². The van der Waals surface area contributed by atoms with Gasteiger partial charge in [0.1, 0.15) is 5.82 Å². The zero-order valence-electron chi connectivity index (χ0n) is 11.3. The maximum atomic E-state index is 13.2. The van der Waals surface area contributed by atoms with E-state index >= 15 is 0 Å². The maximum absolute atomic E-state index is 13.2. The fourth-order valence-electron chi connectivity index (χ4n) is 2.36. The van der Waals surface area contributed by atoms with E-state index < -0.39 is 17.6 Å². The molecule has 2 atom stereocenters. The third-order valence-corrected chi connectivity index (χ3v) is 3.28. The van der Waals surface area contributed by atoms with Crippen molar-refractivity contribution in [3.8, 4) is 0 Å². The Morgan fingerprint density at radius 3 is 2.37 bits per heavy atom. The van der Waals surface area contributed by atoms with E-state index in [0.717, 1.165) is 25.0 Å². The maximum Gasteiger partial charge on any atom is 0.419 e. The van der Waals surface area contributed by atoms with E-state index in [9.17, 15) is 17.6 Å². The normalized spacial score (nSPS) is 15.3. The van der Waals surface area contributed by atoms with E-state index in [1.54, 1.807) is 7.05 Å². The molecule has 0 bridgehead atoms. The average Bonchev–Trinajstić information content (AvgIpc) is 2.31. The Morgan fingerprint density at radius 2 is 1.89 bits per heavy atom. The molecule has 0 saturated heterocycles. The molecular formula is C14H19F4N. The number of alkyl halides is 3. The van der Waals surface area contributed by atoms with Gasteiger partial charge >= 0.3 is 6.18 Å². The fraction of sp³-hybridized carbons (Fsp3) is 0.571. The number of benzene rings is 1. The first-order valence-electron chi connectivity index (χ1n) is 6.35. The zero-order valence-corrected chi connectivity index (χ0v) is 11.3. The van der Waals surface area contributed by atoms with Gasteiger partial charge in [0.05, 0.1) is 5.56 Å². The summed E-state index contributed by atoms with van der Waals surface area (Å²) in [5.74, 6) is -1.05. The summed E-state index contributed by atoms with van der Waals surface area (Å²) in [7, 11) is 1.70. The molecule has 0 aliphatic carbocycles. The molecule has 1 nitrogen and oxygen atoms in total. The van der Waals surface area contributed by atoms with Crippen molar-refractivity contribution in [2.24, 2.45) is 5.92 Å². The summed E-state index contributed by atoms with van der Waals surface area (Å²) >= 11 is 0. The van der Waals surface area contributed by atoms with Crippen molar-refractivity contribution in [1.29, 1.82) is 0 Å². The minimum absolute atomic E-state index is 0.182. The summed E-state index contributed by atoms with van der Waals surface area (Å²) in [6.07, 6.45) is -2.82. The van der Waals surface area contributed by atoms with Crippen LogP contribution in [-0.2, 0) is 6.18 Å². The highest BCUT2D eigenvalue weighted by atomic mass is 19.4. The second-order valence-corrected chi connectivity index (χ2v) is 4.77. The molecule has 19 heavy (non-hydrogen) atoms. The molecule has 5 heteroatoms. The molecule has 0 heterocycles. The molecule has 0 fully saturated rings. The van der Waals surface area contributed by atoms with Crippen LogP contribution in [0.5, 0.6) is 0 Å². The second kappa shape index (κ2) is 6.37. The van der Waals surface area contributed by atoms with Crippen LogP contribution in [0.15, 0.2) is 18.2 Å². The smallest absolute Gasteiger partial charge is 0.313 e. The highest BCUT2D eigenvalue weighted by molar-refractivity contribution is 5.29. The number of nitrogens with one attached hydrogen (secondary N) is 1. The highest BCUT2D eigenvalue weighted by Gasteiger charge is 2.35. The molecule has 0 aliphatic heterocycles. The lowest BCUT2D eigenvalue weighted by molar-refractivity contribution is -0.140. The molecule has 0 saturated carbocycles. The van der Waals surface area contributed by atoms with Crippen LogP contribution in [0.3, 0.4) is 0 Å². The third kappa shape index (κ3) is 3.93. The molecule has 1 N–H and O–H groups in total. The van der Waals surface area contributed by atoms with Crippen molar-refractivity contribution in [3.63, 3.8) is 0 Å². The lowest BCUT2D eigenvalue weighted by Gasteiger charge is -2.24. The molecule has 0 radical (unpaired) electrons. The van der Waals surface area contributed by atoms with Crippen LogP contribution in [-0.4, -0.2) is 7.05 Å². The van der Waals surface area contributed by atoms with Crippen LogP contribution >= 0.6 is 0 Å². The summed E-state index contributed by atoms with van der Waals surface area (Å²) in [5.41, 5.74) is -0.730. The molecule has 1 aromatic rings. The van der Waals surface area contributed by atoms with Crippen molar-refractivity contribution < 1.29 is 17.6 Å². The van der Waals surface area contributed by atoms with Gasteiger partial charge in [-0.25, -0.2) is 4.39 Å². The number of halogens is 4. The molecular weight excluding hydrogens is 258 g/mol. The van der Waals surface area contributed by atoms with Crippen molar-refractivity contribution in [1.82, 2.24) is 5.32 Å². The molecule has 2 unspecified atom stereocenters. The van der Waals surface area contributed by atoms with Gasteiger partial charge in [0, 0.05) is 6.04 Å². The van der Waals surface area contributed by atoms with E-state index in [1.807, 2.05) is 13.8 Å². The Hall–Kier alpha value is -1.10. The number of hydrogen-bond acceptors (Lipinski definition) is 1. The quantitative estimate of drug-likeness (QED) is 0.779. The van der Waals surface area contributed by atoms with Gasteiger partial charge in [0.15, 0.2) is 0 Å². The zero-order chi connectivity index (χ0) is 14.6. The van der Waals surface area contributed by atoms with Crippen LogP contribution < -0.4 is 5.32 Å². The van der Waals surface area contributed by atoms with Gasteiger partial charge in [-0.2, -0.15) is 13.2 Å². The minimum Gasteiger partial charge on any atom is -0.313 e.